The predicted octanol–water partition coefficient (Wildman–Crippen LogP) is 2.83. The molecular weight excluding hydrogens is 288 g/mol. The summed E-state index contributed by atoms with van der Waals surface area (Å²) in [5.41, 5.74) is 12.5. The Morgan fingerprint density at radius 3 is 2.78 bits per heavy atom. The van der Waals surface area contributed by atoms with E-state index in [4.69, 9.17) is 5.73 Å². The molecule has 3 aromatic rings. The number of amides is 1. The molecule has 23 heavy (non-hydrogen) atoms. The maximum absolute atomic E-state index is 12.1. The first-order valence-corrected chi connectivity index (χ1v) is 7.31. The largest absolute Gasteiger partial charge is 0.399 e. The second kappa shape index (κ2) is 5.96. The Bertz CT molecular complexity index is 909. The summed E-state index contributed by atoms with van der Waals surface area (Å²) in [6, 6.07) is 14.9. The highest BCUT2D eigenvalue weighted by Crippen LogP contribution is 2.22. The Morgan fingerprint density at radius 2 is 2.00 bits per heavy atom. The Balaban J connectivity index is 1.84. The summed E-state index contributed by atoms with van der Waals surface area (Å²) in [7, 11) is 2.01. The van der Waals surface area contributed by atoms with E-state index in [0.29, 0.717) is 11.3 Å². The van der Waals surface area contributed by atoms with Crippen LogP contribution in [0.1, 0.15) is 21.6 Å². The number of nitrogens with one attached hydrogen (secondary N) is 1. The number of anilines is 1. The third-order valence-corrected chi connectivity index (χ3v) is 3.96. The SMILES string of the molecule is Cc1c(/C=N\NC(=O)c2cccc(N)c2)c2ccccc2n1C. The van der Waals surface area contributed by atoms with Gasteiger partial charge < -0.3 is 10.3 Å². The quantitative estimate of drug-likeness (QED) is 0.444. The number of hydrazone groups is 1. The van der Waals surface area contributed by atoms with E-state index in [1.807, 2.05) is 32.2 Å². The third-order valence-electron chi connectivity index (χ3n) is 3.96. The summed E-state index contributed by atoms with van der Waals surface area (Å²) in [5.74, 6) is -0.286. The van der Waals surface area contributed by atoms with E-state index in [0.717, 1.165) is 22.2 Å². The van der Waals surface area contributed by atoms with Crippen molar-refractivity contribution in [1.29, 1.82) is 0 Å². The Hall–Kier alpha value is -3.08. The molecule has 0 bridgehead atoms. The second-order valence-corrected chi connectivity index (χ2v) is 5.40. The van der Waals surface area contributed by atoms with Gasteiger partial charge in [-0.05, 0) is 31.2 Å². The molecule has 1 amide bonds. The van der Waals surface area contributed by atoms with Crippen LogP contribution in [0.5, 0.6) is 0 Å². The van der Waals surface area contributed by atoms with Gasteiger partial charge in [-0.25, -0.2) is 5.43 Å². The molecule has 1 aromatic heterocycles. The molecule has 0 saturated carbocycles. The highest BCUT2D eigenvalue weighted by Gasteiger charge is 2.09. The summed E-state index contributed by atoms with van der Waals surface area (Å²) in [5, 5.41) is 5.20. The number of para-hydroxylation sites is 1. The van der Waals surface area contributed by atoms with Gasteiger partial charge in [0.15, 0.2) is 0 Å². The number of carbonyl (C=O) groups is 1. The van der Waals surface area contributed by atoms with Crippen molar-refractivity contribution in [1.82, 2.24) is 9.99 Å². The minimum atomic E-state index is -0.286. The van der Waals surface area contributed by atoms with Crippen molar-refractivity contribution >= 4 is 28.7 Å². The molecule has 0 aliphatic rings. The number of aryl methyl sites for hydroxylation is 1. The molecule has 0 spiro atoms. The van der Waals surface area contributed by atoms with Gasteiger partial charge in [-0.15, -0.1) is 0 Å². The van der Waals surface area contributed by atoms with Gasteiger partial charge >= 0.3 is 0 Å². The zero-order chi connectivity index (χ0) is 16.4. The number of hydrogen-bond donors (Lipinski definition) is 2. The van der Waals surface area contributed by atoms with Crippen LogP contribution in [0.25, 0.3) is 10.9 Å². The van der Waals surface area contributed by atoms with Crippen LogP contribution in [-0.2, 0) is 7.05 Å². The fraction of sp³-hybridized carbons (Fsp3) is 0.111. The maximum atomic E-state index is 12.1. The molecule has 0 fully saturated rings. The van der Waals surface area contributed by atoms with Crippen molar-refractivity contribution in [3.63, 3.8) is 0 Å². The number of fused-ring (bicyclic) bond motifs is 1. The van der Waals surface area contributed by atoms with Crippen LogP contribution in [0.15, 0.2) is 53.6 Å². The molecule has 116 valence electrons. The van der Waals surface area contributed by atoms with Gasteiger partial charge in [0.05, 0.1) is 6.21 Å². The van der Waals surface area contributed by atoms with Crippen molar-refractivity contribution < 1.29 is 4.79 Å². The number of carbonyl (C=O) groups excluding carboxylic acids is 1. The molecular formula is C18H18N4O. The molecule has 1 heterocycles. The Kier molecular flexibility index (Phi) is 3.85. The standard InChI is InChI=1S/C18H18N4O/c1-12-16(15-8-3-4-9-17(15)22(12)2)11-20-21-18(23)13-6-5-7-14(19)10-13/h3-11H,19H2,1-2H3,(H,21,23)/b20-11-. The molecule has 0 radical (unpaired) electrons. The van der Waals surface area contributed by atoms with Gasteiger partial charge in [-0.1, -0.05) is 24.3 Å². The lowest BCUT2D eigenvalue weighted by Crippen LogP contribution is -2.17. The summed E-state index contributed by atoms with van der Waals surface area (Å²) >= 11 is 0. The lowest BCUT2D eigenvalue weighted by atomic mass is 10.1. The van der Waals surface area contributed by atoms with Crippen LogP contribution >= 0.6 is 0 Å². The molecule has 0 aliphatic carbocycles. The fourth-order valence-corrected chi connectivity index (χ4v) is 2.61. The van der Waals surface area contributed by atoms with Gasteiger partial charge in [0.2, 0.25) is 0 Å². The molecule has 3 rings (SSSR count). The molecule has 2 aromatic carbocycles. The summed E-state index contributed by atoms with van der Waals surface area (Å²) in [6.45, 7) is 2.03. The first kappa shape index (κ1) is 14.8. The zero-order valence-corrected chi connectivity index (χ0v) is 13.1. The summed E-state index contributed by atoms with van der Waals surface area (Å²) < 4.78 is 2.11. The molecule has 3 N–H and O–H groups in total. The van der Waals surface area contributed by atoms with E-state index in [9.17, 15) is 4.79 Å². The van der Waals surface area contributed by atoms with Crippen molar-refractivity contribution in [2.24, 2.45) is 12.1 Å². The maximum Gasteiger partial charge on any atom is 0.271 e. The van der Waals surface area contributed by atoms with E-state index < -0.39 is 0 Å². The first-order valence-electron chi connectivity index (χ1n) is 7.31. The van der Waals surface area contributed by atoms with E-state index >= 15 is 0 Å². The van der Waals surface area contributed by atoms with Crippen LogP contribution in [-0.4, -0.2) is 16.7 Å². The lowest BCUT2D eigenvalue weighted by molar-refractivity contribution is 0.0955. The monoisotopic (exact) mass is 306 g/mol. The number of nitrogens with two attached hydrogens (primary N) is 1. The Labute approximate surface area is 134 Å². The number of hydrogen-bond acceptors (Lipinski definition) is 3. The van der Waals surface area contributed by atoms with E-state index in [2.05, 4.69) is 21.2 Å². The van der Waals surface area contributed by atoms with E-state index in [1.165, 1.54) is 0 Å². The highest BCUT2D eigenvalue weighted by molar-refractivity contribution is 6.02. The fourth-order valence-electron chi connectivity index (χ4n) is 2.61. The van der Waals surface area contributed by atoms with Gasteiger partial charge in [0.25, 0.3) is 5.91 Å². The molecule has 0 aliphatic heterocycles. The number of aromatic nitrogens is 1. The van der Waals surface area contributed by atoms with Crippen LogP contribution in [0.4, 0.5) is 5.69 Å². The smallest absolute Gasteiger partial charge is 0.271 e. The van der Waals surface area contributed by atoms with Crippen molar-refractivity contribution in [2.75, 3.05) is 5.73 Å². The third kappa shape index (κ3) is 2.81. The van der Waals surface area contributed by atoms with Crippen LogP contribution < -0.4 is 11.2 Å². The predicted molar refractivity (Wildman–Crippen MR) is 93.6 cm³/mol. The van der Waals surface area contributed by atoms with Crippen molar-refractivity contribution in [3.05, 3.63) is 65.4 Å². The lowest BCUT2D eigenvalue weighted by Gasteiger charge is -2.01. The van der Waals surface area contributed by atoms with Crippen molar-refractivity contribution in [2.45, 2.75) is 6.92 Å². The zero-order valence-electron chi connectivity index (χ0n) is 13.1. The topological polar surface area (TPSA) is 72.4 Å². The number of nitrogens with zero attached hydrogens (tertiary/aromatic N) is 2. The summed E-state index contributed by atoms with van der Waals surface area (Å²) in [6.07, 6.45) is 1.68. The minimum Gasteiger partial charge on any atom is -0.399 e. The summed E-state index contributed by atoms with van der Waals surface area (Å²) in [4.78, 5) is 12.1. The van der Waals surface area contributed by atoms with E-state index in [1.54, 1.807) is 30.5 Å². The normalized spacial score (nSPS) is 11.2. The highest BCUT2D eigenvalue weighted by atomic mass is 16.2. The van der Waals surface area contributed by atoms with Crippen LogP contribution in [0.3, 0.4) is 0 Å². The molecule has 5 heteroatoms. The van der Waals surface area contributed by atoms with E-state index in [-0.39, 0.29) is 5.91 Å². The van der Waals surface area contributed by atoms with Crippen molar-refractivity contribution in [3.8, 4) is 0 Å². The molecule has 5 nitrogen and oxygen atoms in total. The van der Waals surface area contributed by atoms with Gasteiger partial charge in [-0.3, -0.25) is 4.79 Å². The number of rotatable bonds is 3. The van der Waals surface area contributed by atoms with Crippen LogP contribution in [0, 0.1) is 6.92 Å². The minimum absolute atomic E-state index is 0.286. The second-order valence-electron chi connectivity index (χ2n) is 5.40. The average Bonchev–Trinajstić information content (AvgIpc) is 2.80. The van der Waals surface area contributed by atoms with Gasteiger partial charge in [0, 0.05) is 40.5 Å². The van der Waals surface area contributed by atoms with Gasteiger partial charge in [-0.2, -0.15) is 5.10 Å². The average molecular weight is 306 g/mol. The number of nitrogen functional groups attached to an aromatic ring is 1. The molecule has 0 unspecified atom stereocenters. The Morgan fingerprint density at radius 1 is 1.22 bits per heavy atom. The molecule has 0 saturated heterocycles. The molecule has 0 atom stereocenters. The number of benzene rings is 2. The van der Waals surface area contributed by atoms with Crippen LogP contribution in [0.2, 0.25) is 0 Å². The first-order chi connectivity index (χ1) is 11.1. The van der Waals surface area contributed by atoms with Gasteiger partial charge in [0.1, 0.15) is 0 Å².